The number of hydrogen-bond donors (Lipinski definition) is 0. The molecule has 0 unspecified atom stereocenters. The maximum atomic E-state index is 12.7. The molecule has 0 bridgehead atoms. The second-order valence-electron chi connectivity index (χ2n) is 4.86. The van der Waals surface area contributed by atoms with Crippen LogP contribution in [-0.2, 0) is 21.9 Å². The van der Waals surface area contributed by atoms with Crippen molar-refractivity contribution in [3.05, 3.63) is 47.0 Å². The minimum atomic E-state index is -5.15. The first kappa shape index (κ1) is 20.8. The van der Waals surface area contributed by atoms with Crippen LogP contribution in [0.3, 0.4) is 0 Å². The van der Waals surface area contributed by atoms with Crippen LogP contribution < -0.4 is 0 Å². The van der Waals surface area contributed by atoms with Gasteiger partial charge in [-0.2, -0.15) is 39.5 Å². The van der Waals surface area contributed by atoms with Crippen LogP contribution >= 0.6 is 0 Å². The average Bonchev–Trinajstić information content (AvgIpc) is 2.42. The van der Waals surface area contributed by atoms with Crippen LogP contribution in [0, 0.1) is 0 Å². The van der Waals surface area contributed by atoms with Gasteiger partial charge < -0.3 is 4.74 Å². The van der Waals surface area contributed by atoms with Crippen molar-refractivity contribution in [2.75, 3.05) is 0 Å². The summed E-state index contributed by atoms with van der Waals surface area (Å²) in [5.74, 6) is -2.01. The number of carbonyl (C=O) groups excluding carboxylic acids is 1. The largest absolute Gasteiger partial charge is 0.454 e. The molecule has 0 saturated carbocycles. The number of benzene rings is 1. The summed E-state index contributed by atoms with van der Waals surface area (Å²) in [6, 6.07) is 0.347. The minimum Gasteiger partial charge on any atom is -0.454 e. The molecule has 0 saturated heterocycles. The molecule has 0 aliphatic rings. The monoisotopic (exact) mass is 380 g/mol. The van der Waals surface area contributed by atoms with Crippen LogP contribution in [-0.4, -0.2) is 12.1 Å². The molecule has 1 atom stereocenters. The van der Waals surface area contributed by atoms with E-state index in [4.69, 9.17) is 0 Å². The Bertz CT molecular complexity index is 636. The summed E-state index contributed by atoms with van der Waals surface area (Å²) in [4.78, 5) is 11.3. The van der Waals surface area contributed by atoms with Crippen molar-refractivity contribution in [1.29, 1.82) is 0 Å². The highest BCUT2D eigenvalue weighted by Crippen LogP contribution is 2.38. The first-order valence-electron chi connectivity index (χ1n) is 6.30. The zero-order valence-electron chi connectivity index (χ0n) is 12.2. The fourth-order valence-electron chi connectivity index (χ4n) is 1.63. The Labute approximate surface area is 134 Å². The molecule has 0 heterocycles. The fraction of sp³-hybridized carbons (Fsp3) is 0.357. The van der Waals surface area contributed by atoms with Gasteiger partial charge in [-0.3, -0.25) is 0 Å². The Hall–Kier alpha value is -2.20. The molecule has 140 valence electrons. The summed E-state index contributed by atoms with van der Waals surface area (Å²) in [6.45, 7) is 3.26. The molecule has 0 aromatic heterocycles. The molecule has 0 N–H and O–H groups in total. The fourth-order valence-corrected chi connectivity index (χ4v) is 1.63. The molecule has 0 spiro atoms. The summed E-state index contributed by atoms with van der Waals surface area (Å²) in [5.41, 5.74) is -6.09. The smallest absolute Gasteiger partial charge is 0.422 e. The third-order valence-electron chi connectivity index (χ3n) is 2.95. The van der Waals surface area contributed by atoms with Crippen molar-refractivity contribution in [2.24, 2.45) is 0 Å². The molecule has 0 radical (unpaired) electrons. The number of ether oxygens (including phenoxy) is 1. The Morgan fingerprint density at radius 2 is 1.32 bits per heavy atom. The van der Waals surface area contributed by atoms with E-state index in [1.165, 1.54) is 0 Å². The van der Waals surface area contributed by atoms with Crippen LogP contribution in [0.4, 0.5) is 39.5 Å². The highest BCUT2D eigenvalue weighted by atomic mass is 19.4. The number of rotatable bonds is 3. The van der Waals surface area contributed by atoms with Gasteiger partial charge in [-0.15, -0.1) is 0 Å². The maximum absolute atomic E-state index is 12.7. The maximum Gasteiger partial charge on any atom is 0.422 e. The number of esters is 1. The summed E-state index contributed by atoms with van der Waals surface area (Å²) in [6.07, 6.45) is -17.2. The molecular formula is C14H9F9O2. The van der Waals surface area contributed by atoms with Crippen molar-refractivity contribution in [2.45, 2.75) is 31.6 Å². The van der Waals surface area contributed by atoms with Crippen LogP contribution in [0.25, 0.3) is 0 Å². The highest BCUT2D eigenvalue weighted by Gasteiger charge is 2.40. The predicted molar refractivity (Wildman–Crippen MR) is 66.1 cm³/mol. The topological polar surface area (TPSA) is 26.3 Å². The van der Waals surface area contributed by atoms with Crippen LogP contribution in [0.5, 0.6) is 0 Å². The van der Waals surface area contributed by atoms with Gasteiger partial charge in [0.1, 0.15) is 11.7 Å². The van der Waals surface area contributed by atoms with Crippen LogP contribution in [0.1, 0.15) is 29.7 Å². The lowest BCUT2D eigenvalue weighted by Crippen LogP contribution is -2.22. The molecule has 1 aromatic carbocycles. The molecular weight excluding hydrogens is 371 g/mol. The van der Waals surface area contributed by atoms with E-state index in [9.17, 15) is 44.3 Å². The van der Waals surface area contributed by atoms with E-state index in [-0.39, 0.29) is 18.2 Å². The van der Waals surface area contributed by atoms with Gasteiger partial charge in [0.2, 0.25) is 0 Å². The van der Waals surface area contributed by atoms with E-state index < -0.39 is 52.9 Å². The summed E-state index contributed by atoms with van der Waals surface area (Å²) in [7, 11) is 0. The van der Waals surface area contributed by atoms with Crippen LogP contribution in [0.2, 0.25) is 0 Å². The van der Waals surface area contributed by atoms with Gasteiger partial charge in [0.15, 0.2) is 0 Å². The zero-order chi connectivity index (χ0) is 19.8. The third-order valence-corrected chi connectivity index (χ3v) is 2.95. The molecule has 2 nitrogen and oxygen atoms in total. The zero-order valence-corrected chi connectivity index (χ0v) is 12.2. The second-order valence-corrected chi connectivity index (χ2v) is 4.86. The van der Waals surface area contributed by atoms with E-state index in [1.807, 2.05) is 0 Å². The number of halogens is 9. The Kier molecular flexibility index (Phi) is 5.50. The normalized spacial score (nSPS) is 14.2. The van der Waals surface area contributed by atoms with Crippen molar-refractivity contribution in [3.63, 3.8) is 0 Å². The molecule has 0 fully saturated rings. The quantitative estimate of drug-likeness (QED) is 0.396. The molecule has 0 aliphatic heterocycles. The second kappa shape index (κ2) is 6.60. The van der Waals surface area contributed by atoms with Gasteiger partial charge >= 0.3 is 24.5 Å². The van der Waals surface area contributed by atoms with E-state index in [0.29, 0.717) is 0 Å². The lowest BCUT2D eigenvalue weighted by Gasteiger charge is -2.19. The standard InChI is InChI=1S/C14H9F9O2/c1-6(12(15,16)17)11(24)25-7(2)8-3-9(13(18,19)20)5-10(4-8)14(21,22)23/h3-5,7H,1H2,2H3/t7-/m1/s1. The van der Waals surface area contributed by atoms with E-state index >= 15 is 0 Å². The molecule has 25 heavy (non-hydrogen) atoms. The minimum absolute atomic E-state index is 0.160. The summed E-state index contributed by atoms with van der Waals surface area (Å²) in [5, 5.41) is 0. The number of alkyl halides is 9. The van der Waals surface area contributed by atoms with Gasteiger partial charge in [0.25, 0.3) is 0 Å². The lowest BCUT2D eigenvalue weighted by atomic mass is 10.0. The van der Waals surface area contributed by atoms with E-state index in [2.05, 4.69) is 11.3 Å². The Morgan fingerprint density at radius 1 is 0.920 bits per heavy atom. The van der Waals surface area contributed by atoms with Gasteiger partial charge in [0, 0.05) is 0 Å². The first-order valence-corrected chi connectivity index (χ1v) is 6.30. The van der Waals surface area contributed by atoms with Crippen molar-refractivity contribution >= 4 is 5.97 Å². The molecule has 1 aromatic rings. The average molecular weight is 380 g/mol. The Balaban J connectivity index is 3.23. The Morgan fingerprint density at radius 3 is 1.64 bits per heavy atom. The van der Waals surface area contributed by atoms with E-state index in [1.54, 1.807) is 0 Å². The predicted octanol–water partition coefficient (Wildman–Crippen LogP) is 5.45. The highest BCUT2D eigenvalue weighted by molar-refractivity contribution is 5.89. The van der Waals surface area contributed by atoms with Gasteiger partial charge in [-0.05, 0) is 30.7 Å². The molecule has 0 amide bonds. The number of hydrogen-bond acceptors (Lipinski definition) is 2. The van der Waals surface area contributed by atoms with E-state index in [0.717, 1.165) is 6.92 Å². The molecule has 0 aliphatic carbocycles. The van der Waals surface area contributed by atoms with Crippen LogP contribution in [0.15, 0.2) is 30.4 Å². The van der Waals surface area contributed by atoms with Gasteiger partial charge in [-0.1, -0.05) is 6.58 Å². The first-order chi connectivity index (χ1) is 11.0. The third kappa shape index (κ3) is 5.40. The SMILES string of the molecule is C=C(C(=O)O[C@H](C)c1cc(C(F)(F)F)cc(C(F)(F)F)c1)C(F)(F)F. The summed E-state index contributed by atoms with van der Waals surface area (Å²) < 4.78 is 117. The molecule has 11 heteroatoms. The molecule has 1 rings (SSSR count). The van der Waals surface area contributed by atoms with Crippen molar-refractivity contribution in [3.8, 4) is 0 Å². The van der Waals surface area contributed by atoms with Crippen molar-refractivity contribution < 1.29 is 49.0 Å². The van der Waals surface area contributed by atoms with Gasteiger partial charge in [0.05, 0.1) is 11.1 Å². The van der Waals surface area contributed by atoms with Gasteiger partial charge in [-0.25, -0.2) is 4.79 Å². The summed E-state index contributed by atoms with van der Waals surface area (Å²) >= 11 is 0. The van der Waals surface area contributed by atoms with Crippen molar-refractivity contribution in [1.82, 2.24) is 0 Å². The lowest BCUT2D eigenvalue weighted by molar-refractivity contribution is -0.155. The number of carbonyl (C=O) groups is 1.